The van der Waals surface area contributed by atoms with Crippen LogP contribution < -0.4 is 0 Å². The number of unbranched alkanes of at least 4 members (excludes halogenated alkanes) is 7. The second kappa shape index (κ2) is 17.1. The lowest BCUT2D eigenvalue weighted by Crippen LogP contribution is -2.30. The van der Waals surface area contributed by atoms with Crippen molar-refractivity contribution in [3.05, 3.63) is 0 Å². The van der Waals surface area contributed by atoms with Gasteiger partial charge in [0.2, 0.25) is 0 Å². The standard InChI is InChI=1S/C16H32O4.C2H2O6/c1-5-6-7-8-9-10-11-12-13-14(16(2,3)4)15(17)19-20-18;3-1(4)7-8-2(5)6/h14,18H,5-13H2,1-4H3;(H,3,4)(H,5,6). The zero-order chi connectivity index (χ0) is 22.0. The Bertz CT molecular complexity index is 417. The van der Waals surface area contributed by atoms with Crippen LogP contribution in [-0.4, -0.2) is 33.8 Å². The number of carbonyl (C=O) groups excluding carboxylic acids is 1. The van der Waals surface area contributed by atoms with Gasteiger partial charge in [-0.3, -0.25) is 4.89 Å². The number of hydrogen-bond acceptors (Lipinski definition) is 8. The number of carboxylic acid groups (broad SMARTS) is 2. The van der Waals surface area contributed by atoms with E-state index in [9.17, 15) is 14.4 Å². The molecule has 3 N–H and O–H groups in total. The van der Waals surface area contributed by atoms with Crippen LogP contribution in [0.3, 0.4) is 0 Å². The molecule has 0 aliphatic carbocycles. The largest absolute Gasteiger partial charge is 0.547 e. The summed E-state index contributed by atoms with van der Waals surface area (Å²) in [6, 6.07) is 0. The Kier molecular flexibility index (Phi) is 17.1. The first-order chi connectivity index (χ1) is 13.1. The monoisotopic (exact) mass is 410 g/mol. The maximum atomic E-state index is 11.7. The molecule has 0 aromatic carbocycles. The van der Waals surface area contributed by atoms with Crippen molar-refractivity contribution < 1.29 is 49.6 Å². The molecule has 0 aliphatic heterocycles. The highest BCUT2D eigenvalue weighted by Gasteiger charge is 2.32. The quantitative estimate of drug-likeness (QED) is 0.229. The summed E-state index contributed by atoms with van der Waals surface area (Å²) in [5.41, 5.74) is -0.184. The van der Waals surface area contributed by atoms with E-state index in [0.717, 1.165) is 19.3 Å². The third kappa shape index (κ3) is 18.7. The van der Waals surface area contributed by atoms with Crippen molar-refractivity contribution in [1.29, 1.82) is 0 Å². The molecule has 0 saturated heterocycles. The summed E-state index contributed by atoms with van der Waals surface area (Å²) in [6.07, 6.45) is 7.11. The molecule has 0 spiro atoms. The van der Waals surface area contributed by atoms with Crippen LogP contribution in [0, 0.1) is 11.3 Å². The number of hydrogen-bond donors (Lipinski definition) is 3. The first-order valence-corrected chi connectivity index (χ1v) is 9.38. The highest BCUT2D eigenvalue weighted by atomic mass is 17.5. The fraction of sp³-hybridized carbons (Fsp3) is 0.833. The van der Waals surface area contributed by atoms with Gasteiger partial charge in [0.1, 0.15) is 0 Å². The molecule has 1 unspecified atom stereocenters. The molecule has 0 aliphatic rings. The summed E-state index contributed by atoms with van der Waals surface area (Å²) in [7, 11) is 0. The highest BCUT2D eigenvalue weighted by molar-refractivity contribution is 5.72. The molecule has 0 aromatic rings. The molecular weight excluding hydrogens is 376 g/mol. The Morgan fingerprint density at radius 1 is 0.786 bits per heavy atom. The Balaban J connectivity index is 0. The molecule has 10 heteroatoms. The van der Waals surface area contributed by atoms with E-state index >= 15 is 0 Å². The molecular formula is C18H34O10. The van der Waals surface area contributed by atoms with E-state index in [0.29, 0.717) is 0 Å². The second-order valence-electron chi connectivity index (χ2n) is 7.36. The molecule has 0 fully saturated rings. The first kappa shape index (κ1) is 28.1. The van der Waals surface area contributed by atoms with Gasteiger partial charge in [-0.15, -0.1) is 0 Å². The minimum atomic E-state index is -1.80. The van der Waals surface area contributed by atoms with Crippen molar-refractivity contribution in [3.8, 4) is 0 Å². The van der Waals surface area contributed by atoms with Gasteiger partial charge in [-0.2, -0.15) is 0 Å². The van der Waals surface area contributed by atoms with Gasteiger partial charge in [-0.1, -0.05) is 79.1 Å². The van der Waals surface area contributed by atoms with Gasteiger partial charge in [0.25, 0.3) is 0 Å². The molecule has 166 valence electrons. The average Bonchev–Trinajstić information content (AvgIpc) is 2.58. The van der Waals surface area contributed by atoms with Gasteiger partial charge in [0.05, 0.1) is 5.92 Å². The summed E-state index contributed by atoms with van der Waals surface area (Å²) in [5, 5.41) is 26.8. The third-order valence-electron chi connectivity index (χ3n) is 3.98. The van der Waals surface area contributed by atoms with Gasteiger partial charge >= 0.3 is 18.3 Å². The van der Waals surface area contributed by atoms with Crippen LogP contribution in [0.5, 0.6) is 0 Å². The lowest BCUT2D eigenvalue weighted by Gasteiger charge is -2.27. The van der Waals surface area contributed by atoms with E-state index in [4.69, 9.17) is 15.5 Å². The normalized spacial score (nSPS) is 11.6. The van der Waals surface area contributed by atoms with Crippen LogP contribution >= 0.6 is 0 Å². The maximum absolute atomic E-state index is 11.7. The predicted octanol–water partition coefficient (Wildman–Crippen LogP) is 5.42. The summed E-state index contributed by atoms with van der Waals surface area (Å²) < 4.78 is 0. The average molecular weight is 410 g/mol. The Morgan fingerprint density at radius 2 is 1.21 bits per heavy atom. The van der Waals surface area contributed by atoms with E-state index in [1.807, 2.05) is 20.8 Å². The van der Waals surface area contributed by atoms with Crippen LogP contribution in [0.2, 0.25) is 0 Å². The topological polar surface area (TPSA) is 149 Å². The molecule has 0 aromatic heterocycles. The van der Waals surface area contributed by atoms with Gasteiger partial charge in [-0.05, 0) is 16.9 Å². The molecule has 28 heavy (non-hydrogen) atoms. The summed E-state index contributed by atoms with van der Waals surface area (Å²) >= 11 is 0. The lowest BCUT2D eigenvalue weighted by molar-refractivity contribution is -0.464. The lowest BCUT2D eigenvalue weighted by atomic mass is 9.78. The molecule has 10 nitrogen and oxygen atoms in total. The van der Waals surface area contributed by atoms with E-state index in [1.54, 1.807) is 0 Å². The van der Waals surface area contributed by atoms with Crippen LogP contribution in [0.15, 0.2) is 0 Å². The minimum Gasteiger partial charge on any atom is -0.447 e. The molecule has 0 bridgehead atoms. The summed E-state index contributed by atoms with van der Waals surface area (Å²) in [4.78, 5) is 40.8. The molecule has 0 radical (unpaired) electrons. The molecule has 0 heterocycles. The maximum Gasteiger partial charge on any atom is 0.547 e. The zero-order valence-corrected chi connectivity index (χ0v) is 17.1. The highest BCUT2D eigenvalue weighted by Crippen LogP contribution is 2.31. The van der Waals surface area contributed by atoms with Crippen molar-refractivity contribution >= 4 is 18.3 Å². The minimum absolute atomic E-state index is 0.184. The van der Waals surface area contributed by atoms with Gasteiger partial charge in [0, 0.05) is 0 Å². The smallest absolute Gasteiger partial charge is 0.447 e. The number of carbonyl (C=O) groups is 3. The predicted molar refractivity (Wildman–Crippen MR) is 98.2 cm³/mol. The molecule has 1 atom stereocenters. The second-order valence-corrected chi connectivity index (χ2v) is 7.36. The van der Waals surface area contributed by atoms with Gasteiger partial charge in [0.15, 0.2) is 0 Å². The summed E-state index contributed by atoms with van der Waals surface area (Å²) in [5.74, 6) is -0.724. The third-order valence-corrected chi connectivity index (χ3v) is 3.98. The van der Waals surface area contributed by atoms with Crippen LogP contribution in [0.4, 0.5) is 9.59 Å². The fourth-order valence-corrected chi connectivity index (χ4v) is 2.55. The van der Waals surface area contributed by atoms with E-state index < -0.39 is 18.3 Å². The Morgan fingerprint density at radius 3 is 1.57 bits per heavy atom. The van der Waals surface area contributed by atoms with Crippen molar-refractivity contribution in [2.24, 2.45) is 11.3 Å². The SMILES string of the molecule is CCCCCCCCCCC(C(=O)OOO)C(C)(C)C.O=C(O)OOC(=O)O. The van der Waals surface area contributed by atoms with Crippen molar-refractivity contribution in [2.75, 3.05) is 0 Å². The van der Waals surface area contributed by atoms with Crippen LogP contribution in [-0.2, 0) is 24.5 Å². The van der Waals surface area contributed by atoms with Crippen molar-refractivity contribution in [1.82, 2.24) is 0 Å². The Labute approximate surface area is 165 Å². The van der Waals surface area contributed by atoms with Gasteiger partial charge < -0.3 is 10.2 Å². The Hall–Kier alpha value is -2.07. The molecule has 0 rings (SSSR count). The zero-order valence-electron chi connectivity index (χ0n) is 17.1. The van der Waals surface area contributed by atoms with Crippen LogP contribution in [0.1, 0.15) is 85.5 Å². The van der Waals surface area contributed by atoms with Crippen LogP contribution in [0.25, 0.3) is 0 Å². The van der Waals surface area contributed by atoms with E-state index in [2.05, 4.69) is 26.6 Å². The van der Waals surface area contributed by atoms with Crippen molar-refractivity contribution in [2.45, 2.75) is 85.5 Å². The van der Waals surface area contributed by atoms with Gasteiger partial charge in [-0.25, -0.2) is 29.4 Å². The molecule has 0 saturated carbocycles. The van der Waals surface area contributed by atoms with Crippen molar-refractivity contribution in [3.63, 3.8) is 0 Å². The summed E-state index contributed by atoms with van der Waals surface area (Å²) in [6.45, 7) is 8.23. The van der Waals surface area contributed by atoms with E-state index in [1.165, 1.54) is 38.5 Å². The first-order valence-electron chi connectivity index (χ1n) is 9.38. The van der Waals surface area contributed by atoms with E-state index in [-0.39, 0.29) is 11.3 Å². The molecule has 0 amide bonds. The fourth-order valence-electron chi connectivity index (χ4n) is 2.55. The number of rotatable bonds is 11.